The van der Waals surface area contributed by atoms with Crippen molar-refractivity contribution in [1.29, 1.82) is 0 Å². The van der Waals surface area contributed by atoms with Crippen molar-refractivity contribution in [3.63, 3.8) is 0 Å². The van der Waals surface area contributed by atoms with Crippen LogP contribution in [0.2, 0.25) is 0 Å². The second kappa shape index (κ2) is 9.20. The van der Waals surface area contributed by atoms with Crippen molar-refractivity contribution in [2.75, 3.05) is 26.2 Å². The Morgan fingerprint density at radius 3 is 2.20 bits per heavy atom. The van der Waals surface area contributed by atoms with Crippen LogP contribution in [-0.2, 0) is 14.8 Å². The van der Waals surface area contributed by atoms with E-state index in [9.17, 15) is 22.0 Å². The van der Waals surface area contributed by atoms with Gasteiger partial charge in [-0.1, -0.05) is 30.3 Å². The smallest absolute Gasteiger partial charge is 0.243 e. The van der Waals surface area contributed by atoms with Crippen LogP contribution >= 0.6 is 0 Å². The predicted molar refractivity (Wildman–Crippen MR) is 109 cm³/mol. The molecule has 1 heterocycles. The largest absolute Gasteiger partial charge is 0.348 e. The van der Waals surface area contributed by atoms with E-state index in [1.807, 2.05) is 42.2 Å². The Hall–Kier alpha value is -2.36. The monoisotopic (exact) mass is 437 g/mol. The van der Waals surface area contributed by atoms with Crippen molar-refractivity contribution in [2.24, 2.45) is 0 Å². The zero-order chi connectivity index (χ0) is 21.9. The number of hydrogen-bond acceptors (Lipinski definition) is 4. The summed E-state index contributed by atoms with van der Waals surface area (Å²) in [6.45, 7) is 4.73. The van der Waals surface area contributed by atoms with Gasteiger partial charge in [-0.3, -0.25) is 9.69 Å². The highest BCUT2D eigenvalue weighted by atomic mass is 32.2. The van der Waals surface area contributed by atoms with Crippen LogP contribution in [0.3, 0.4) is 0 Å². The summed E-state index contributed by atoms with van der Waals surface area (Å²) in [4.78, 5) is 14.3. The lowest BCUT2D eigenvalue weighted by molar-refractivity contribution is -0.127. The van der Waals surface area contributed by atoms with Gasteiger partial charge in [0.1, 0.15) is 0 Å². The number of benzene rings is 2. The Bertz CT molecular complexity index is 994. The quantitative estimate of drug-likeness (QED) is 0.754. The molecule has 2 aromatic carbocycles. The van der Waals surface area contributed by atoms with E-state index < -0.39 is 27.7 Å². The maximum Gasteiger partial charge on any atom is 0.243 e. The predicted octanol–water partition coefficient (Wildman–Crippen LogP) is 2.54. The Labute approximate surface area is 175 Å². The van der Waals surface area contributed by atoms with Gasteiger partial charge < -0.3 is 5.32 Å². The maximum absolute atomic E-state index is 13.4. The van der Waals surface area contributed by atoms with Crippen molar-refractivity contribution in [1.82, 2.24) is 14.5 Å². The van der Waals surface area contributed by atoms with Crippen LogP contribution in [0.5, 0.6) is 0 Å². The summed E-state index contributed by atoms with van der Waals surface area (Å²) >= 11 is 0. The molecule has 2 atom stereocenters. The van der Waals surface area contributed by atoms with Crippen LogP contribution in [0.4, 0.5) is 8.78 Å². The molecule has 1 fully saturated rings. The minimum absolute atomic E-state index is 0.136. The molecule has 3 rings (SSSR count). The van der Waals surface area contributed by atoms with E-state index in [4.69, 9.17) is 0 Å². The fourth-order valence-corrected chi connectivity index (χ4v) is 4.88. The average Bonchev–Trinajstić information content (AvgIpc) is 2.75. The van der Waals surface area contributed by atoms with Gasteiger partial charge in [-0.25, -0.2) is 17.2 Å². The maximum atomic E-state index is 13.4. The van der Waals surface area contributed by atoms with Crippen LogP contribution in [-0.4, -0.2) is 55.8 Å². The van der Waals surface area contributed by atoms with Crippen molar-refractivity contribution >= 4 is 15.9 Å². The van der Waals surface area contributed by atoms with Gasteiger partial charge in [0, 0.05) is 26.2 Å². The van der Waals surface area contributed by atoms with E-state index in [0.717, 1.165) is 17.7 Å². The van der Waals surface area contributed by atoms with E-state index in [1.54, 1.807) is 6.92 Å². The minimum atomic E-state index is -3.93. The van der Waals surface area contributed by atoms with Crippen molar-refractivity contribution < 1.29 is 22.0 Å². The van der Waals surface area contributed by atoms with Crippen LogP contribution < -0.4 is 5.32 Å². The molecule has 30 heavy (non-hydrogen) atoms. The molecule has 0 aromatic heterocycles. The highest BCUT2D eigenvalue weighted by Crippen LogP contribution is 2.21. The van der Waals surface area contributed by atoms with Crippen LogP contribution in [0.15, 0.2) is 53.4 Å². The molecule has 1 N–H and O–H groups in total. The van der Waals surface area contributed by atoms with Gasteiger partial charge in [0.25, 0.3) is 0 Å². The number of nitrogens with zero attached hydrogens (tertiary/aromatic N) is 2. The Morgan fingerprint density at radius 2 is 1.60 bits per heavy atom. The number of piperazine rings is 1. The SMILES string of the molecule is CC(NC(=O)C(C)N1CCN(S(=O)(=O)c2ccc(F)c(F)c2)CC1)c1ccccc1. The molecule has 1 aliphatic rings. The van der Waals surface area contributed by atoms with Crippen LogP contribution in [0.25, 0.3) is 0 Å². The summed E-state index contributed by atoms with van der Waals surface area (Å²) in [5.41, 5.74) is 1.00. The van der Waals surface area contributed by atoms with Gasteiger partial charge in [-0.05, 0) is 37.6 Å². The fourth-order valence-electron chi connectivity index (χ4n) is 3.44. The van der Waals surface area contributed by atoms with E-state index in [1.165, 1.54) is 4.31 Å². The van der Waals surface area contributed by atoms with Crippen molar-refractivity contribution in [3.8, 4) is 0 Å². The molecule has 0 saturated carbocycles. The molecule has 0 spiro atoms. The van der Waals surface area contributed by atoms with Crippen LogP contribution in [0.1, 0.15) is 25.5 Å². The number of nitrogens with one attached hydrogen (secondary N) is 1. The van der Waals surface area contributed by atoms with Crippen molar-refractivity contribution in [2.45, 2.75) is 30.8 Å². The first-order valence-corrected chi connectivity index (χ1v) is 11.2. The Balaban J connectivity index is 1.59. The lowest BCUT2D eigenvalue weighted by Crippen LogP contribution is -2.55. The Morgan fingerprint density at radius 1 is 0.967 bits per heavy atom. The summed E-state index contributed by atoms with van der Waals surface area (Å²) in [7, 11) is -3.93. The molecule has 2 unspecified atom stereocenters. The molecular weight excluding hydrogens is 412 g/mol. The molecule has 1 amide bonds. The second-order valence-electron chi connectivity index (χ2n) is 7.33. The van der Waals surface area contributed by atoms with Crippen LogP contribution in [0, 0.1) is 11.6 Å². The zero-order valence-electron chi connectivity index (χ0n) is 16.9. The average molecular weight is 438 g/mol. The summed E-state index contributed by atoms with van der Waals surface area (Å²) in [6, 6.07) is 11.6. The van der Waals surface area contributed by atoms with Gasteiger partial charge in [-0.15, -0.1) is 0 Å². The number of carbonyl (C=O) groups is 1. The number of rotatable bonds is 6. The summed E-state index contributed by atoms with van der Waals surface area (Å²) in [5.74, 6) is -2.43. The highest BCUT2D eigenvalue weighted by Gasteiger charge is 2.32. The lowest BCUT2D eigenvalue weighted by atomic mass is 10.1. The van der Waals surface area contributed by atoms with E-state index >= 15 is 0 Å². The van der Waals surface area contributed by atoms with Crippen molar-refractivity contribution in [3.05, 3.63) is 65.7 Å². The van der Waals surface area contributed by atoms with E-state index in [0.29, 0.717) is 19.2 Å². The first-order valence-electron chi connectivity index (χ1n) is 9.74. The van der Waals surface area contributed by atoms with E-state index in [2.05, 4.69) is 5.32 Å². The van der Waals surface area contributed by atoms with Gasteiger partial charge in [0.2, 0.25) is 15.9 Å². The third kappa shape index (κ3) is 4.85. The van der Waals surface area contributed by atoms with Gasteiger partial charge in [0.15, 0.2) is 11.6 Å². The highest BCUT2D eigenvalue weighted by molar-refractivity contribution is 7.89. The molecular formula is C21H25F2N3O3S. The number of amides is 1. The first kappa shape index (κ1) is 22.3. The molecule has 1 saturated heterocycles. The molecule has 0 bridgehead atoms. The lowest BCUT2D eigenvalue weighted by Gasteiger charge is -2.37. The number of carbonyl (C=O) groups excluding carboxylic acids is 1. The molecule has 6 nitrogen and oxygen atoms in total. The summed E-state index contributed by atoms with van der Waals surface area (Å²) in [6.07, 6.45) is 0. The number of halogens is 2. The van der Waals surface area contributed by atoms with E-state index in [-0.39, 0.29) is 29.9 Å². The summed E-state index contributed by atoms with van der Waals surface area (Å²) < 4.78 is 53.2. The second-order valence-corrected chi connectivity index (χ2v) is 9.27. The third-order valence-corrected chi connectivity index (χ3v) is 7.28. The summed E-state index contributed by atoms with van der Waals surface area (Å²) in [5, 5.41) is 2.98. The van der Waals surface area contributed by atoms with Gasteiger partial charge in [-0.2, -0.15) is 4.31 Å². The van der Waals surface area contributed by atoms with Gasteiger partial charge >= 0.3 is 0 Å². The fraction of sp³-hybridized carbons (Fsp3) is 0.381. The molecule has 0 aliphatic carbocycles. The Kier molecular flexibility index (Phi) is 6.84. The molecule has 9 heteroatoms. The third-order valence-electron chi connectivity index (χ3n) is 5.39. The minimum Gasteiger partial charge on any atom is -0.348 e. The molecule has 0 radical (unpaired) electrons. The molecule has 162 valence electrons. The number of hydrogen-bond donors (Lipinski definition) is 1. The first-order chi connectivity index (χ1) is 14.2. The standard InChI is InChI=1S/C21H25F2N3O3S/c1-15(17-6-4-3-5-7-17)24-21(27)16(2)25-10-12-26(13-11-25)30(28,29)18-8-9-19(22)20(23)14-18/h3-9,14-16H,10-13H2,1-2H3,(H,24,27). The molecule has 1 aliphatic heterocycles. The topological polar surface area (TPSA) is 69.7 Å². The normalized spacial score (nSPS) is 18.0. The number of sulfonamides is 1. The zero-order valence-corrected chi connectivity index (χ0v) is 17.7. The molecule has 2 aromatic rings. The van der Waals surface area contributed by atoms with Gasteiger partial charge in [0.05, 0.1) is 17.0 Å².